The highest BCUT2D eigenvalue weighted by atomic mass is 16.5. The van der Waals surface area contributed by atoms with E-state index in [1.165, 1.54) is 0 Å². The molecule has 0 spiro atoms. The number of pyridine rings is 1. The van der Waals surface area contributed by atoms with Crippen LogP contribution in [0.15, 0.2) is 97.2 Å². The molecule has 2 amide bonds. The fraction of sp³-hybridized carbons (Fsp3) is 0. The van der Waals surface area contributed by atoms with Crippen LogP contribution in [0.25, 0.3) is 11.3 Å². The van der Waals surface area contributed by atoms with Gasteiger partial charge in [0.25, 0.3) is 5.91 Å². The first-order chi connectivity index (χ1) is 15.1. The summed E-state index contributed by atoms with van der Waals surface area (Å²) in [5, 5.41) is 2.87. The molecule has 0 radical (unpaired) electrons. The first kappa shape index (κ1) is 19.8. The standard InChI is InChI=1S/C25H19N3O3/c26-24(29)18-8-6-17(7-9-18)23-16-19(14-15-27-23)25(30)28-20-10-12-22(13-11-20)31-21-4-2-1-3-5-21/h1-16H,(H2,26,29)(H,28,30). The molecule has 3 aromatic carbocycles. The largest absolute Gasteiger partial charge is 0.457 e. The third-order valence-corrected chi connectivity index (χ3v) is 4.58. The van der Waals surface area contributed by atoms with E-state index in [1.807, 2.05) is 30.3 Å². The van der Waals surface area contributed by atoms with Gasteiger partial charge in [-0.3, -0.25) is 14.6 Å². The Hall–Kier alpha value is -4.45. The minimum Gasteiger partial charge on any atom is -0.457 e. The molecule has 0 bridgehead atoms. The molecule has 0 unspecified atom stereocenters. The number of para-hydroxylation sites is 1. The summed E-state index contributed by atoms with van der Waals surface area (Å²) in [5.74, 6) is 0.671. The first-order valence-electron chi connectivity index (χ1n) is 9.59. The fourth-order valence-electron chi connectivity index (χ4n) is 2.97. The average molecular weight is 409 g/mol. The molecule has 6 heteroatoms. The quantitative estimate of drug-likeness (QED) is 0.474. The molecule has 4 aromatic rings. The monoisotopic (exact) mass is 409 g/mol. The molecule has 0 aliphatic heterocycles. The predicted octanol–water partition coefficient (Wildman–Crippen LogP) is 4.89. The smallest absolute Gasteiger partial charge is 0.255 e. The molecular weight excluding hydrogens is 390 g/mol. The topological polar surface area (TPSA) is 94.3 Å². The molecule has 0 fully saturated rings. The highest BCUT2D eigenvalue weighted by Crippen LogP contribution is 2.23. The van der Waals surface area contributed by atoms with Gasteiger partial charge in [0, 0.05) is 28.6 Å². The van der Waals surface area contributed by atoms with Gasteiger partial charge in [0.1, 0.15) is 11.5 Å². The second-order valence-corrected chi connectivity index (χ2v) is 6.76. The number of anilines is 1. The van der Waals surface area contributed by atoms with Crippen molar-refractivity contribution < 1.29 is 14.3 Å². The highest BCUT2D eigenvalue weighted by molar-refractivity contribution is 6.04. The lowest BCUT2D eigenvalue weighted by Crippen LogP contribution is -2.12. The minimum atomic E-state index is -0.493. The van der Waals surface area contributed by atoms with Gasteiger partial charge in [0.2, 0.25) is 5.91 Å². The van der Waals surface area contributed by atoms with E-state index in [9.17, 15) is 9.59 Å². The number of nitrogens with one attached hydrogen (secondary N) is 1. The van der Waals surface area contributed by atoms with Crippen molar-refractivity contribution in [1.29, 1.82) is 0 Å². The molecule has 0 saturated heterocycles. The van der Waals surface area contributed by atoms with Crippen LogP contribution in [0.3, 0.4) is 0 Å². The molecule has 31 heavy (non-hydrogen) atoms. The minimum absolute atomic E-state index is 0.255. The van der Waals surface area contributed by atoms with Crippen molar-refractivity contribution in [2.75, 3.05) is 5.32 Å². The van der Waals surface area contributed by atoms with Crippen LogP contribution in [0.1, 0.15) is 20.7 Å². The molecular formula is C25H19N3O3. The van der Waals surface area contributed by atoms with Crippen LogP contribution in [0.5, 0.6) is 11.5 Å². The summed E-state index contributed by atoms with van der Waals surface area (Å²) in [6.45, 7) is 0. The van der Waals surface area contributed by atoms with Gasteiger partial charge >= 0.3 is 0 Å². The number of nitrogens with two attached hydrogens (primary N) is 1. The Labute approximate surface area is 179 Å². The Morgan fingerprint density at radius 3 is 2.13 bits per heavy atom. The number of ether oxygens (including phenoxy) is 1. The second-order valence-electron chi connectivity index (χ2n) is 6.76. The molecule has 1 heterocycles. The van der Waals surface area contributed by atoms with E-state index in [0.717, 1.165) is 11.3 Å². The van der Waals surface area contributed by atoms with E-state index < -0.39 is 5.91 Å². The molecule has 1 aromatic heterocycles. The number of carbonyl (C=O) groups excluding carboxylic acids is 2. The van der Waals surface area contributed by atoms with Gasteiger partial charge < -0.3 is 15.8 Å². The molecule has 6 nitrogen and oxygen atoms in total. The molecule has 0 saturated carbocycles. The normalized spacial score (nSPS) is 10.3. The summed E-state index contributed by atoms with van der Waals surface area (Å²) in [7, 11) is 0. The summed E-state index contributed by atoms with van der Waals surface area (Å²) in [5.41, 5.74) is 8.20. The molecule has 0 atom stereocenters. The van der Waals surface area contributed by atoms with Crippen LogP contribution >= 0.6 is 0 Å². The zero-order valence-electron chi connectivity index (χ0n) is 16.5. The third kappa shape index (κ3) is 4.94. The van der Waals surface area contributed by atoms with E-state index in [1.54, 1.807) is 66.9 Å². The highest BCUT2D eigenvalue weighted by Gasteiger charge is 2.10. The van der Waals surface area contributed by atoms with Gasteiger partial charge in [-0.1, -0.05) is 30.3 Å². The predicted molar refractivity (Wildman–Crippen MR) is 119 cm³/mol. The summed E-state index contributed by atoms with van der Waals surface area (Å²) in [4.78, 5) is 28.2. The van der Waals surface area contributed by atoms with Gasteiger partial charge in [-0.05, 0) is 60.7 Å². The van der Waals surface area contributed by atoms with Gasteiger partial charge in [0.15, 0.2) is 0 Å². The van der Waals surface area contributed by atoms with E-state index in [2.05, 4.69) is 10.3 Å². The van der Waals surface area contributed by atoms with Gasteiger partial charge in [-0.2, -0.15) is 0 Å². The van der Waals surface area contributed by atoms with E-state index in [0.29, 0.717) is 28.3 Å². The van der Waals surface area contributed by atoms with E-state index >= 15 is 0 Å². The Morgan fingerprint density at radius 1 is 0.774 bits per heavy atom. The molecule has 0 aliphatic carbocycles. The number of benzene rings is 3. The van der Waals surface area contributed by atoms with Gasteiger partial charge in [-0.15, -0.1) is 0 Å². The number of aromatic nitrogens is 1. The summed E-state index contributed by atoms with van der Waals surface area (Å²) < 4.78 is 5.76. The van der Waals surface area contributed by atoms with Crippen LogP contribution in [-0.2, 0) is 0 Å². The van der Waals surface area contributed by atoms with Crippen molar-refractivity contribution >= 4 is 17.5 Å². The second kappa shape index (κ2) is 8.92. The lowest BCUT2D eigenvalue weighted by Gasteiger charge is -2.09. The maximum Gasteiger partial charge on any atom is 0.255 e. The van der Waals surface area contributed by atoms with Crippen molar-refractivity contribution in [2.24, 2.45) is 5.73 Å². The van der Waals surface area contributed by atoms with Crippen LogP contribution in [0.2, 0.25) is 0 Å². The number of rotatable bonds is 6. The van der Waals surface area contributed by atoms with Crippen LogP contribution in [0.4, 0.5) is 5.69 Å². The lowest BCUT2D eigenvalue weighted by atomic mass is 10.1. The van der Waals surface area contributed by atoms with Crippen LogP contribution in [-0.4, -0.2) is 16.8 Å². The number of amides is 2. The van der Waals surface area contributed by atoms with Crippen molar-refractivity contribution in [3.8, 4) is 22.8 Å². The van der Waals surface area contributed by atoms with Crippen molar-refractivity contribution in [2.45, 2.75) is 0 Å². The third-order valence-electron chi connectivity index (χ3n) is 4.58. The number of carbonyl (C=O) groups is 2. The van der Waals surface area contributed by atoms with Crippen molar-refractivity contribution in [3.05, 3.63) is 108 Å². The number of hydrogen-bond acceptors (Lipinski definition) is 4. The Bertz CT molecular complexity index is 1200. The van der Waals surface area contributed by atoms with Gasteiger partial charge in [0.05, 0.1) is 5.69 Å². The van der Waals surface area contributed by atoms with E-state index in [4.69, 9.17) is 10.5 Å². The number of hydrogen-bond donors (Lipinski definition) is 2. The molecule has 0 aliphatic rings. The number of primary amides is 1. The zero-order chi connectivity index (χ0) is 21.6. The summed E-state index contributed by atoms with van der Waals surface area (Å²) >= 11 is 0. The van der Waals surface area contributed by atoms with Gasteiger partial charge in [-0.25, -0.2) is 0 Å². The number of nitrogens with zero attached hydrogens (tertiary/aromatic N) is 1. The SMILES string of the molecule is NC(=O)c1ccc(-c2cc(C(=O)Nc3ccc(Oc4ccccc4)cc3)ccn2)cc1. The Morgan fingerprint density at radius 2 is 1.45 bits per heavy atom. The maximum atomic E-state index is 12.7. The first-order valence-corrected chi connectivity index (χ1v) is 9.59. The zero-order valence-corrected chi connectivity index (χ0v) is 16.5. The summed E-state index contributed by atoms with van der Waals surface area (Å²) in [6, 6.07) is 26.7. The summed E-state index contributed by atoms with van der Waals surface area (Å²) in [6.07, 6.45) is 1.57. The molecule has 4 rings (SSSR count). The molecule has 3 N–H and O–H groups in total. The fourth-order valence-corrected chi connectivity index (χ4v) is 2.97. The van der Waals surface area contributed by atoms with Crippen LogP contribution < -0.4 is 15.8 Å². The van der Waals surface area contributed by atoms with Crippen molar-refractivity contribution in [3.63, 3.8) is 0 Å². The Kier molecular flexibility index (Phi) is 5.71. The molecule has 152 valence electrons. The van der Waals surface area contributed by atoms with Crippen LogP contribution in [0, 0.1) is 0 Å². The van der Waals surface area contributed by atoms with E-state index in [-0.39, 0.29) is 5.91 Å². The average Bonchev–Trinajstić information content (AvgIpc) is 2.81. The Balaban J connectivity index is 1.45. The lowest BCUT2D eigenvalue weighted by molar-refractivity contribution is 0.0997. The maximum absolute atomic E-state index is 12.7. The van der Waals surface area contributed by atoms with Crippen molar-refractivity contribution in [1.82, 2.24) is 4.98 Å².